The zero-order valence-corrected chi connectivity index (χ0v) is 10.9. The molecule has 0 atom stereocenters. The molecule has 0 amide bonds. The Bertz CT molecular complexity index is 415. The van der Waals surface area contributed by atoms with Crippen LogP contribution >= 0.6 is 11.6 Å². The maximum atomic E-state index is 11.8. The Hall–Kier alpha value is -1.35. The van der Waals surface area contributed by atoms with Crippen LogP contribution in [0.15, 0.2) is 24.3 Å². The van der Waals surface area contributed by atoms with Gasteiger partial charge in [-0.25, -0.2) is 0 Å². The third kappa shape index (κ3) is 5.82. The zero-order valence-electron chi connectivity index (χ0n) is 10.2. The monoisotopic (exact) mass is 268 g/mol. The molecule has 1 rings (SSSR count). The van der Waals surface area contributed by atoms with Crippen molar-refractivity contribution in [1.29, 1.82) is 0 Å². The number of halogens is 1. The molecule has 0 heterocycles. The van der Waals surface area contributed by atoms with Crippen molar-refractivity contribution in [2.24, 2.45) is 0 Å². The summed E-state index contributed by atoms with van der Waals surface area (Å²) in [6, 6.07) is 6.94. The van der Waals surface area contributed by atoms with Crippen molar-refractivity contribution in [2.75, 3.05) is 0 Å². The summed E-state index contributed by atoms with van der Waals surface area (Å²) in [6.45, 7) is 0. The number of carbonyl (C=O) groups is 2. The maximum Gasteiger partial charge on any atom is 0.303 e. The van der Waals surface area contributed by atoms with Crippen molar-refractivity contribution in [3.8, 4) is 0 Å². The number of aliphatic carboxylic acids is 1. The predicted molar refractivity (Wildman–Crippen MR) is 71.1 cm³/mol. The van der Waals surface area contributed by atoms with Crippen LogP contribution in [0.25, 0.3) is 0 Å². The number of carboxylic acid groups (broad SMARTS) is 1. The largest absolute Gasteiger partial charge is 0.481 e. The van der Waals surface area contributed by atoms with Crippen LogP contribution in [0.5, 0.6) is 0 Å². The van der Waals surface area contributed by atoms with Gasteiger partial charge >= 0.3 is 5.97 Å². The second kappa shape index (κ2) is 7.88. The van der Waals surface area contributed by atoms with Crippen molar-refractivity contribution in [2.45, 2.75) is 38.5 Å². The molecular formula is C14H17ClO3. The number of hydrogen-bond acceptors (Lipinski definition) is 2. The van der Waals surface area contributed by atoms with E-state index in [4.69, 9.17) is 16.7 Å². The highest BCUT2D eigenvalue weighted by Gasteiger charge is 2.05. The predicted octanol–water partition coefficient (Wildman–Crippen LogP) is 3.95. The minimum absolute atomic E-state index is 0.0933. The van der Waals surface area contributed by atoms with E-state index in [0.29, 0.717) is 23.4 Å². The number of hydrogen-bond donors (Lipinski definition) is 1. The SMILES string of the molecule is O=C(O)CCCCCCC(=O)c1cccc(Cl)c1. The fourth-order valence-corrected chi connectivity index (χ4v) is 1.91. The molecule has 0 fully saturated rings. The summed E-state index contributed by atoms with van der Waals surface area (Å²) in [7, 11) is 0. The number of ketones is 1. The lowest BCUT2D eigenvalue weighted by atomic mass is 10.0. The number of rotatable bonds is 8. The van der Waals surface area contributed by atoms with Gasteiger partial charge in [-0.15, -0.1) is 0 Å². The fourth-order valence-electron chi connectivity index (χ4n) is 1.72. The summed E-state index contributed by atoms with van der Waals surface area (Å²) < 4.78 is 0. The van der Waals surface area contributed by atoms with Crippen LogP contribution in [-0.2, 0) is 4.79 Å². The summed E-state index contributed by atoms with van der Waals surface area (Å²) in [4.78, 5) is 22.1. The molecule has 0 spiro atoms. The Morgan fingerprint density at radius 2 is 1.72 bits per heavy atom. The molecular weight excluding hydrogens is 252 g/mol. The van der Waals surface area contributed by atoms with E-state index in [2.05, 4.69) is 0 Å². The first-order valence-electron chi connectivity index (χ1n) is 6.10. The van der Waals surface area contributed by atoms with E-state index in [1.807, 2.05) is 0 Å². The Balaban J connectivity index is 2.20. The summed E-state index contributed by atoms with van der Waals surface area (Å²) in [6.07, 6.45) is 3.93. The van der Waals surface area contributed by atoms with Gasteiger partial charge in [0.2, 0.25) is 0 Å². The maximum absolute atomic E-state index is 11.8. The molecule has 0 aliphatic rings. The quantitative estimate of drug-likeness (QED) is 0.574. The van der Waals surface area contributed by atoms with Crippen LogP contribution in [0, 0.1) is 0 Å². The fraction of sp³-hybridized carbons (Fsp3) is 0.429. The molecule has 0 saturated heterocycles. The first-order valence-corrected chi connectivity index (χ1v) is 6.48. The minimum Gasteiger partial charge on any atom is -0.481 e. The third-order valence-electron chi connectivity index (χ3n) is 2.69. The second-order valence-electron chi connectivity index (χ2n) is 4.24. The van der Waals surface area contributed by atoms with E-state index in [1.54, 1.807) is 24.3 Å². The lowest BCUT2D eigenvalue weighted by Crippen LogP contribution is -1.99. The van der Waals surface area contributed by atoms with Crippen molar-refractivity contribution in [3.63, 3.8) is 0 Å². The lowest BCUT2D eigenvalue weighted by molar-refractivity contribution is -0.137. The number of Topliss-reactive ketones (excluding diaryl/α,β-unsaturated/α-hetero) is 1. The Morgan fingerprint density at radius 3 is 2.33 bits per heavy atom. The molecule has 0 bridgehead atoms. The standard InChI is InChI=1S/C14H17ClO3/c15-12-7-5-6-11(10-12)13(16)8-3-1-2-4-9-14(17)18/h5-7,10H,1-4,8-9H2,(H,17,18). The van der Waals surface area contributed by atoms with Gasteiger partial charge in [-0.3, -0.25) is 9.59 Å². The van der Waals surface area contributed by atoms with Gasteiger partial charge in [0.05, 0.1) is 0 Å². The van der Waals surface area contributed by atoms with Gasteiger partial charge in [0.25, 0.3) is 0 Å². The normalized spacial score (nSPS) is 10.3. The van der Waals surface area contributed by atoms with E-state index < -0.39 is 5.97 Å². The van der Waals surface area contributed by atoms with Crippen molar-refractivity contribution < 1.29 is 14.7 Å². The van der Waals surface area contributed by atoms with E-state index in [1.165, 1.54) is 0 Å². The van der Waals surface area contributed by atoms with Gasteiger partial charge in [-0.2, -0.15) is 0 Å². The van der Waals surface area contributed by atoms with Gasteiger partial charge in [0.1, 0.15) is 0 Å². The second-order valence-corrected chi connectivity index (χ2v) is 4.68. The van der Waals surface area contributed by atoms with E-state index in [-0.39, 0.29) is 12.2 Å². The van der Waals surface area contributed by atoms with Gasteiger partial charge < -0.3 is 5.11 Å². The average molecular weight is 269 g/mol. The number of benzene rings is 1. The molecule has 0 aliphatic heterocycles. The molecule has 18 heavy (non-hydrogen) atoms. The van der Waals surface area contributed by atoms with Crippen LogP contribution in [0.3, 0.4) is 0 Å². The number of carboxylic acids is 1. The molecule has 1 aromatic rings. The smallest absolute Gasteiger partial charge is 0.303 e. The Kier molecular flexibility index (Phi) is 6.44. The van der Waals surface area contributed by atoms with Gasteiger partial charge in [-0.1, -0.05) is 36.6 Å². The first kappa shape index (κ1) is 14.7. The molecule has 0 aromatic heterocycles. The molecule has 1 N–H and O–H groups in total. The number of carbonyl (C=O) groups excluding carboxylic acids is 1. The van der Waals surface area contributed by atoms with Crippen LogP contribution in [-0.4, -0.2) is 16.9 Å². The van der Waals surface area contributed by atoms with Crippen LogP contribution in [0.1, 0.15) is 48.9 Å². The van der Waals surface area contributed by atoms with E-state index in [0.717, 1.165) is 19.3 Å². The topological polar surface area (TPSA) is 54.4 Å². The van der Waals surface area contributed by atoms with E-state index in [9.17, 15) is 9.59 Å². The van der Waals surface area contributed by atoms with Gasteiger partial charge in [0, 0.05) is 23.4 Å². The van der Waals surface area contributed by atoms with Crippen LogP contribution < -0.4 is 0 Å². The first-order chi connectivity index (χ1) is 8.59. The average Bonchev–Trinajstić information content (AvgIpc) is 2.33. The summed E-state index contributed by atoms with van der Waals surface area (Å²) in [5.41, 5.74) is 0.646. The molecule has 0 radical (unpaired) electrons. The number of unbranched alkanes of at least 4 members (excludes halogenated alkanes) is 3. The van der Waals surface area contributed by atoms with Gasteiger partial charge in [-0.05, 0) is 25.0 Å². The molecule has 0 unspecified atom stereocenters. The highest BCUT2D eigenvalue weighted by atomic mass is 35.5. The zero-order chi connectivity index (χ0) is 13.4. The molecule has 0 aliphatic carbocycles. The highest BCUT2D eigenvalue weighted by molar-refractivity contribution is 6.31. The lowest BCUT2D eigenvalue weighted by Gasteiger charge is -2.02. The highest BCUT2D eigenvalue weighted by Crippen LogP contribution is 2.14. The van der Waals surface area contributed by atoms with Crippen molar-refractivity contribution in [1.82, 2.24) is 0 Å². The van der Waals surface area contributed by atoms with Crippen LogP contribution in [0.2, 0.25) is 5.02 Å². The molecule has 4 heteroatoms. The molecule has 3 nitrogen and oxygen atoms in total. The third-order valence-corrected chi connectivity index (χ3v) is 2.93. The molecule has 1 aromatic carbocycles. The van der Waals surface area contributed by atoms with Crippen molar-refractivity contribution in [3.05, 3.63) is 34.9 Å². The summed E-state index contributed by atoms with van der Waals surface area (Å²) in [5, 5.41) is 9.04. The Labute approximate surface area is 112 Å². The molecule has 98 valence electrons. The Morgan fingerprint density at radius 1 is 1.06 bits per heavy atom. The van der Waals surface area contributed by atoms with E-state index >= 15 is 0 Å². The minimum atomic E-state index is -0.759. The van der Waals surface area contributed by atoms with Crippen LogP contribution in [0.4, 0.5) is 0 Å². The van der Waals surface area contributed by atoms with Crippen molar-refractivity contribution >= 4 is 23.4 Å². The summed E-state index contributed by atoms with van der Waals surface area (Å²) in [5.74, 6) is -0.666. The summed E-state index contributed by atoms with van der Waals surface area (Å²) >= 11 is 5.81. The van der Waals surface area contributed by atoms with Gasteiger partial charge in [0.15, 0.2) is 5.78 Å². The molecule has 0 saturated carbocycles.